The molecule has 0 bridgehead atoms. The number of hydrogen-bond acceptors (Lipinski definition) is 7. The molecule has 3 rings (SSSR count). The number of halogens is 1. The number of carbonyl (C=O) groups excluding carboxylic acids is 1. The predicted molar refractivity (Wildman–Crippen MR) is 108 cm³/mol. The molecule has 1 fully saturated rings. The first-order valence-corrected chi connectivity index (χ1v) is 9.73. The molecule has 0 aromatic heterocycles. The summed E-state index contributed by atoms with van der Waals surface area (Å²) in [6.45, 7) is 2.12. The van der Waals surface area contributed by atoms with E-state index in [0.717, 1.165) is 5.75 Å². The summed E-state index contributed by atoms with van der Waals surface area (Å²) < 4.78 is 34.0. The van der Waals surface area contributed by atoms with E-state index in [2.05, 4.69) is 5.73 Å². The lowest BCUT2D eigenvalue weighted by Crippen LogP contribution is -3.00. The van der Waals surface area contributed by atoms with Gasteiger partial charge in [0, 0.05) is 0 Å². The van der Waals surface area contributed by atoms with Gasteiger partial charge in [-0.2, -0.15) is 0 Å². The number of carbonyl (C=O) groups is 1. The van der Waals surface area contributed by atoms with Crippen LogP contribution in [0.3, 0.4) is 0 Å². The second kappa shape index (κ2) is 11.6. The van der Waals surface area contributed by atoms with Gasteiger partial charge in [-0.25, -0.2) is 4.79 Å². The lowest BCUT2D eigenvalue weighted by molar-refractivity contribution is -0.415. The summed E-state index contributed by atoms with van der Waals surface area (Å²) in [5.41, 5.74) is 3.80. The van der Waals surface area contributed by atoms with E-state index >= 15 is 0 Å². The standard InChI is InChI=1S/C22H27NO7.ClH/c1-14-21(30-18-10-6-16(26-3)7-11-18)20(13-27-12-19(23)22(24)28-14)29-17-8-4-15(25-2)5-9-17;/h4-11,14,19-21H,12-13,23H2,1-3H3;1H/t14-,19-,20-,21-;/m0./s1. The molecular weight excluding hydrogens is 426 g/mol. The third-order valence-corrected chi connectivity index (χ3v) is 4.74. The molecule has 1 aliphatic rings. The Balaban J connectivity index is 0.00000341. The first kappa shape index (κ1) is 24.6. The van der Waals surface area contributed by atoms with Crippen LogP contribution in [0.4, 0.5) is 0 Å². The monoisotopic (exact) mass is 453 g/mol. The molecule has 1 aliphatic heterocycles. The minimum atomic E-state index is -0.617. The highest BCUT2D eigenvalue weighted by Crippen LogP contribution is 2.25. The number of esters is 1. The Morgan fingerprint density at radius 2 is 1.32 bits per heavy atom. The molecule has 4 atom stereocenters. The minimum absolute atomic E-state index is 0. The second-order valence-corrected chi connectivity index (χ2v) is 6.97. The molecule has 3 N–H and O–H groups in total. The molecule has 0 aliphatic carbocycles. The SMILES string of the molecule is COc1ccc(O[C@H]2[C@H](C)OC(=O)[C@@H]([NH3+])COC[C@@H]2Oc2ccc(OC)cc2)cc1.[Cl-]. The van der Waals surface area contributed by atoms with Crippen LogP contribution in [0.25, 0.3) is 0 Å². The summed E-state index contributed by atoms with van der Waals surface area (Å²) in [5, 5.41) is 0. The highest BCUT2D eigenvalue weighted by Gasteiger charge is 2.37. The van der Waals surface area contributed by atoms with Gasteiger partial charge in [0.2, 0.25) is 6.04 Å². The average Bonchev–Trinajstić information content (AvgIpc) is 2.81. The van der Waals surface area contributed by atoms with Crippen LogP contribution in [0.5, 0.6) is 23.0 Å². The zero-order valence-corrected chi connectivity index (χ0v) is 18.5. The molecule has 1 heterocycles. The van der Waals surface area contributed by atoms with Crippen molar-refractivity contribution in [1.29, 1.82) is 0 Å². The summed E-state index contributed by atoms with van der Waals surface area (Å²) in [6, 6.07) is 13.8. The van der Waals surface area contributed by atoms with Crippen molar-refractivity contribution in [2.75, 3.05) is 27.4 Å². The van der Waals surface area contributed by atoms with E-state index < -0.39 is 30.3 Å². The molecule has 8 nitrogen and oxygen atoms in total. The van der Waals surface area contributed by atoms with Crippen molar-refractivity contribution in [3.05, 3.63) is 48.5 Å². The third kappa shape index (κ3) is 6.65. The number of rotatable bonds is 6. The molecule has 170 valence electrons. The van der Waals surface area contributed by atoms with Crippen LogP contribution in [0.2, 0.25) is 0 Å². The Bertz CT molecular complexity index is 816. The van der Waals surface area contributed by atoms with Gasteiger partial charge in [0.15, 0.2) is 12.2 Å². The Morgan fingerprint density at radius 1 is 0.839 bits per heavy atom. The molecule has 2 aromatic carbocycles. The maximum Gasteiger partial charge on any atom is 0.367 e. The summed E-state index contributed by atoms with van der Waals surface area (Å²) in [6.07, 6.45) is -1.74. The van der Waals surface area contributed by atoms with Crippen LogP contribution >= 0.6 is 0 Å². The lowest BCUT2D eigenvalue weighted by atomic mass is 10.1. The van der Waals surface area contributed by atoms with Crippen molar-refractivity contribution in [2.24, 2.45) is 0 Å². The maximum absolute atomic E-state index is 12.3. The fourth-order valence-corrected chi connectivity index (χ4v) is 3.05. The molecule has 0 spiro atoms. The van der Waals surface area contributed by atoms with Crippen molar-refractivity contribution in [1.82, 2.24) is 0 Å². The summed E-state index contributed by atoms with van der Waals surface area (Å²) in [7, 11) is 3.20. The van der Waals surface area contributed by atoms with Gasteiger partial charge in [0.1, 0.15) is 35.7 Å². The Hall–Kier alpha value is -2.68. The third-order valence-electron chi connectivity index (χ3n) is 4.74. The smallest absolute Gasteiger partial charge is 0.367 e. The van der Waals surface area contributed by atoms with E-state index in [9.17, 15) is 4.79 Å². The van der Waals surface area contributed by atoms with E-state index in [0.29, 0.717) is 17.2 Å². The molecule has 9 heteroatoms. The van der Waals surface area contributed by atoms with Gasteiger partial charge in [-0.3, -0.25) is 0 Å². The summed E-state index contributed by atoms with van der Waals surface area (Å²) in [5.74, 6) is 2.22. The molecule has 0 unspecified atom stereocenters. The number of cyclic esters (lactones) is 1. The number of quaternary nitrogens is 1. The topological polar surface area (TPSA) is 100 Å². The Labute approximate surface area is 187 Å². The van der Waals surface area contributed by atoms with Crippen molar-refractivity contribution in [3.8, 4) is 23.0 Å². The van der Waals surface area contributed by atoms with Crippen LogP contribution in [0.1, 0.15) is 6.92 Å². The number of benzene rings is 2. The summed E-state index contributed by atoms with van der Waals surface area (Å²) in [4.78, 5) is 12.3. The van der Waals surface area contributed by atoms with Crippen LogP contribution < -0.4 is 37.1 Å². The van der Waals surface area contributed by atoms with Crippen molar-refractivity contribution < 1.29 is 51.4 Å². The average molecular weight is 454 g/mol. The molecule has 2 aromatic rings. The normalized spacial score (nSPS) is 23.8. The van der Waals surface area contributed by atoms with Crippen molar-refractivity contribution >= 4 is 5.97 Å². The molecule has 0 amide bonds. The van der Waals surface area contributed by atoms with Gasteiger partial charge in [-0.1, -0.05) is 0 Å². The van der Waals surface area contributed by atoms with Gasteiger partial charge in [-0.05, 0) is 55.5 Å². The molecule has 1 saturated heterocycles. The fourth-order valence-electron chi connectivity index (χ4n) is 3.05. The zero-order chi connectivity index (χ0) is 21.5. The van der Waals surface area contributed by atoms with E-state index in [1.807, 2.05) is 0 Å². The van der Waals surface area contributed by atoms with Crippen LogP contribution in [0, 0.1) is 0 Å². The lowest BCUT2D eigenvalue weighted by Gasteiger charge is -2.31. The van der Waals surface area contributed by atoms with Gasteiger partial charge in [0.25, 0.3) is 0 Å². The highest BCUT2D eigenvalue weighted by atomic mass is 35.5. The Morgan fingerprint density at radius 3 is 1.84 bits per heavy atom. The van der Waals surface area contributed by atoms with E-state index in [4.69, 9.17) is 28.4 Å². The predicted octanol–water partition coefficient (Wildman–Crippen LogP) is -1.52. The molecule has 31 heavy (non-hydrogen) atoms. The molecular formula is C22H28ClNO7. The largest absolute Gasteiger partial charge is 1.00 e. The minimum Gasteiger partial charge on any atom is -1.00 e. The number of hydrogen-bond donors (Lipinski definition) is 1. The van der Waals surface area contributed by atoms with Crippen LogP contribution in [-0.4, -0.2) is 57.8 Å². The Kier molecular flexibility index (Phi) is 9.23. The zero-order valence-electron chi connectivity index (χ0n) is 17.8. The number of methoxy groups -OCH3 is 2. The van der Waals surface area contributed by atoms with Crippen LogP contribution in [-0.2, 0) is 14.3 Å². The van der Waals surface area contributed by atoms with Crippen molar-refractivity contribution in [3.63, 3.8) is 0 Å². The summed E-state index contributed by atoms with van der Waals surface area (Å²) >= 11 is 0. The first-order valence-electron chi connectivity index (χ1n) is 9.73. The second-order valence-electron chi connectivity index (χ2n) is 6.97. The van der Waals surface area contributed by atoms with Gasteiger partial charge >= 0.3 is 5.97 Å². The molecule has 0 radical (unpaired) electrons. The van der Waals surface area contributed by atoms with Crippen molar-refractivity contribution in [2.45, 2.75) is 31.3 Å². The van der Waals surface area contributed by atoms with E-state index in [-0.39, 0.29) is 25.6 Å². The van der Waals surface area contributed by atoms with E-state index in [1.165, 1.54) is 0 Å². The van der Waals surface area contributed by atoms with Gasteiger partial charge in [-0.15, -0.1) is 0 Å². The van der Waals surface area contributed by atoms with Gasteiger partial charge < -0.3 is 46.6 Å². The number of ether oxygens (including phenoxy) is 6. The molecule has 0 saturated carbocycles. The first-order chi connectivity index (χ1) is 14.5. The fraction of sp³-hybridized carbons (Fsp3) is 0.409. The van der Waals surface area contributed by atoms with Gasteiger partial charge in [0.05, 0.1) is 20.8 Å². The van der Waals surface area contributed by atoms with Crippen LogP contribution in [0.15, 0.2) is 48.5 Å². The van der Waals surface area contributed by atoms with E-state index in [1.54, 1.807) is 69.7 Å². The quantitative estimate of drug-likeness (QED) is 0.530. The maximum atomic E-state index is 12.3. The highest BCUT2D eigenvalue weighted by molar-refractivity contribution is 5.74.